The van der Waals surface area contributed by atoms with Crippen molar-refractivity contribution in [3.63, 3.8) is 0 Å². The first kappa shape index (κ1) is 20.5. The van der Waals surface area contributed by atoms with E-state index in [1.807, 2.05) is 0 Å². The second-order valence-corrected chi connectivity index (χ2v) is 7.49. The summed E-state index contributed by atoms with van der Waals surface area (Å²) in [7, 11) is 1.56. The molecule has 7 heteroatoms. The van der Waals surface area contributed by atoms with Crippen molar-refractivity contribution in [2.45, 2.75) is 50.7 Å². The summed E-state index contributed by atoms with van der Waals surface area (Å²) in [5, 5.41) is 31.0. The number of rotatable bonds is 4. The van der Waals surface area contributed by atoms with Crippen molar-refractivity contribution in [3.8, 4) is 17.6 Å². The van der Waals surface area contributed by atoms with Crippen molar-refractivity contribution in [1.29, 1.82) is 5.26 Å². The minimum atomic E-state index is -1.15. The van der Waals surface area contributed by atoms with Crippen LogP contribution in [0.3, 0.4) is 0 Å². The largest absolute Gasteiger partial charge is 0.507 e. The lowest BCUT2D eigenvalue weighted by molar-refractivity contribution is -0.143. The highest BCUT2D eigenvalue weighted by atomic mass is 16.5. The van der Waals surface area contributed by atoms with Crippen LogP contribution in [0.2, 0.25) is 0 Å². The number of likely N-dealkylation sites (N-methyl/N-ethyl adjacent to an activating group) is 1. The molecule has 0 unspecified atom stereocenters. The van der Waals surface area contributed by atoms with Crippen LogP contribution >= 0.6 is 0 Å². The van der Waals surface area contributed by atoms with Crippen LogP contribution in [0, 0.1) is 11.3 Å². The Bertz CT molecular complexity index is 989. The molecule has 152 valence electrons. The van der Waals surface area contributed by atoms with Crippen molar-refractivity contribution in [2.24, 2.45) is 0 Å². The van der Waals surface area contributed by atoms with Gasteiger partial charge in [-0.05, 0) is 25.8 Å². The van der Waals surface area contributed by atoms with Gasteiger partial charge in [0.2, 0.25) is 0 Å². The number of ether oxygens (including phenoxy) is 1. The van der Waals surface area contributed by atoms with Crippen LogP contribution in [0.5, 0.6) is 11.5 Å². The fourth-order valence-electron chi connectivity index (χ4n) is 3.91. The molecule has 1 atom stereocenters. The number of phenolic OH excluding ortho intramolecular Hbond substituents is 2. The number of carbonyl (C=O) groups excluding carboxylic acids is 2. The monoisotopic (exact) mass is 396 g/mol. The van der Waals surface area contributed by atoms with Gasteiger partial charge in [-0.25, -0.2) is 4.79 Å². The second-order valence-electron chi connectivity index (χ2n) is 7.49. The molecule has 0 saturated heterocycles. The lowest BCUT2D eigenvalue weighted by atomic mass is 9.81. The highest BCUT2D eigenvalue weighted by Crippen LogP contribution is 2.36. The molecule has 2 aromatic rings. The number of amides is 1. The molecule has 2 N–H and O–H groups in total. The molecule has 1 amide bonds. The predicted octanol–water partition coefficient (Wildman–Crippen LogP) is 3.48. The molecule has 1 aliphatic carbocycles. The smallest absolute Gasteiger partial charge is 0.342 e. The van der Waals surface area contributed by atoms with E-state index in [0.29, 0.717) is 23.6 Å². The Labute approximate surface area is 169 Å². The summed E-state index contributed by atoms with van der Waals surface area (Å²) in [4.78, 5) is 26.8. The maximum Gasteiger partial charge on any atom is 0.342 e. The molecule has 29 heavy (non-hydrogen) atoms. The zero-order valence-corrected chi connectivity index (χ0v) is 16.5. The number of hydrogen-bond acceptors (Lipinski definition) is 6. The number of nitriles is 1. The van der Waals surface area contributed by atoms with Crippen LogP contribution in [0.15, 0.2) is 30.3 Å². The van der Waals surface area contributed by atoms with Gasteiger partial charge < -0.3 is 19.8 Å². The number of fused-ring (bicyclic) bond motifs is 1. The van der Waals surface area contributed by atoms with E-state index < -0.39 is 23.5 Å². The highest BCUT2D eigenvalue weighted by Gasteiger charge is 2.41. The molecule has 0 spiro atoms. The van der Waals surface area contributed by atoms with E-state index in [1.165, 1.54) is 11.8 Å². The van der Waals surface area contributed by atoms with E-state index in [1.54, 1.807) is 31.3 Å². The van der Waals surface area contributed by atoms with Gasteiger partial charge in [0.15, 0.2) is 6.10 Å². The van der Waals surface area contributed by atoms with Gasteiger partial charge in [0, 0.05) is 17.8 Å². The third-order valence-corrected chi connectivity index (χ3v) is 5.71. The number of aromatic hydroxyl groups is 2. The number of nitrogens with zero attached hydrogens (tertiary/aromatic N) is 2. The first-order valence-electron chi connectivity index (χ1n) is 9.64. The van der Waals surface area contributed by atoms with Gasteiger partial charge in [0.05, 0.1) is 6.07 Å². The van der Waals surface area contributed by atoms with Crippen LogP contribution in [0.1, 0.15) is 49.4 Å². The molecule has 2 aromatic carbocycles. The van der Waals surface area contributed by atoms with Crippen molar-refractivity contribution >= 4 is 22.6 Å². The average molecular weight is 396 g/mol. The van der Waals surface area contributed by atoms with Crippen LogP contribution < -0.4 is 0 Å². The van der Waals surface area contributed by atoms with Gasteiger partial charge in [0.25, 0.3) is 5.91 Å². The molecule has 3 rings (SSSR count). The highest BCUT2D eigenvalue weighted by molar-refractivity contribution is 6.04. The van der Waals surface area contributed by atoms with Crippen LogP contribution in [-0.2, 0) is 9.53 Å². The standard InChI is InChI=1S/C22H24N2O5/c1-14(20(27)24(2)22(13-23)10-6-3-7-11-22)29-21(28)17-12-18(25)15-8-4-5-9-16(15)19(17)26/h4-5,8-9,12,14,25-26H,3,6-7,10-11H2,1-2H3/t14-/m0/s1. The quantitative estimate of drug-likeness (QED) is 0.605. The molecule has 0 aromatic heterocycles. The number of carbonyl (C=O) groups is 2. The van der Waals surface area contributed by atoms with Gasteiger partial charge in [-0.3, -0.25) is 4.79 Å². The van der Waals surface area contributed by atoms with E-state index in [-0.39, 0.29) is 17.1 Å². The first-order chi connectivity index (χ1) is 13.8. The SMILES string of the molecule is C[C@H](OC(=O)c1cc(O)c2ccccc2c1O)C(=O)N(C)C1(C#N)CCCCC1. The lowest BCUT2D eigenvalue weighted by Gasteiger charge is -2.39. The lowest BCUT2D eigenvalue weighted by Crippen LogP contribution is -2.53. The van der Waals surface area contributed by atoms with Crippen LogP contribution in [0.25, 0.3) is 10.8 Å². The number of hydrogen-bond donors (Lipinski definition) is 2. The molecule has 1 aliphatic rings. The fourth-order valence-corrected chi connectivity index (χ4v) is 3.91. The topological polar surface area (TPSA) is 111 Å². The Kier molecular flexibility index (Phi) is 5.64. The maximum absolute atomic E-state index is 12.8. The van der Waals surface area contributed by atoms with E-state index in [0.717, 1.165) is 25.3 Å². The van der Waals surface area contributed by atoms with E-state index in [4.69, 9.17) is 4.74 Å². The van der Waals surface area contributed by atoms with Gasteiger partial charge in [-0.15, -0.1) is 0 Å². The second kappa shape index (κ2) is 8.00. The zero-order valence-electron chi connectivity index (χ0n) is 16.5. The van der Waals surface area contributed by atoms with E-state index >= 15 is 0 Å². The molecule has 0 bridgehead atoms. The number of benzene rings is 2. The minimum absolute atomic E-state index is 0.174. The molecule has 0 heterocycles. The molecular formula is C22H24N2O5. The Balaban J connectivity index is 1.80. The Morgan fingerprint density at radius 1 is 1.17 bits per heavy atom. The molecule has 1 fully saturated rings. The summed E-state index contributed by atoms with van der Waals surface area (Å²) < 4.78 is 5.27. The number of phenols is 2. The normalized spacial score (nSPS) is 16.6. The first-order valence-corrected chi connectivity index (χ1v) is 9.64. The molecule has 0 radical (unpaired) electrons. The molecule has 0 aliphatic heterocycles. The van der Waals surface area contributed by atoms with Crippen molar-refractivity contribution in [2.75, 3.05) is 7.05 Å². The molecular weight excluding hydrogens is 372 g/mol. The van der Waals surface area contributed by atoms with Crippen LogP contribution in [0.4, 0.5) is 0 Å². The average Bonchev–Trinajstić information content (AvgIpc) is 2.75. The van der Waals surface area contributed by atoms with Crippen molar-refractivity contribution in [1.82, 2.24) is 4.90 Å². The van der Waals surface area contributed by atoms with Gasteiger partial charge >= 0.3 is 5.97 Å². The Hall–Kier alpha value is -3.27. The van der Waals surface area contributed by atoms with Crippen molar-refractivity contribution in [3.05, 3.63) is 35.9 Å². The fraction of sp³-hybridized carbons (Fsp3) is 0.409. The summed E-state index contributed by atoms with van der Waals surface area (Å²) in [5.41, 5.74) is -1.12. The van der Waals surface area contributed by atoms with E-state index in [2.05, 4.69) is 6.07 Å². The predicted molar refractivity (Wildman–Crippen MR) is 106 cm³/mol. The van der Waals surface area contributed by atoms with E-state index in [9.17, 15) is 25.1 Å². The molecule has 7 nitrogen and oxygen atoms in total. The summed E-state index contributed by atoms with van der Waals surface area (Å²) >= 11 is 0. The molecule has 1 saturated carbocycles. The van der Waals surface area contributed by atoms with Gasteiger partial charge in [-0.1, -0.05) is 43.5 Å². The summed E-state index contributed by atoms with van der Waals surface area (Å²) in [6.45, 7) is 1.43. The Morgan fingerprint density at radius 3 is 2.41 bits per heavy atom. The Morgan fingerprint density at radius 2 is 1.79 bits per heavy atom. The summed E-state index contributed by atoms with van der Waals surface area (Å²) in [5.74, 6) is -1.90. The zero-order chi connectivity index (χ0) is 21.2. The minimum Gasteiger partial charge on any atom is -0.507 e. The summed E-state index contributed by atoms with van der Waals surface area (Å²) in [6, 6.07) is 9.95. The van der Waals surface area contributed by atoms with Gasteiger partial charge in [-0.2, -0.15) is 5.26 Å². The summed E-state index contributed by atoms with van der Waals surface area (Å²) in [6.07, 6.45) is 2.79. The van der Waals surface area contributed by atoms with Crippen LogP contribution in [-0.4, -0.2) is 45.7 Å². The van der Waals surface area contributed by atoms with Gasteiger partial charge in [0.1, 0.15) is 22.6 Å². The number of esters is 1. The maximum atomic E-state index is 12.8. The van der Waals surface area contributed by atoms with Crippen molar-refractivity contribution < 1.29 is 24.5 Å². The third-order valence-electron chi connectivity index (χ3n) is 5.71. The third kappa shape index (κ3) is 3.70.